The highest BCUT2D eigenvalue weighted by Crippen LogP contribution is 2.28. The average Bonchev–Trinajstić information content (AvgIpc) is 2.56. The van der Waals surface area contributed by atoms with E-state index in [1.165, 1.54) is 0 Å². The van der Waals surface area contributed by atoms with Crippen LogP contribution >= 0.6 is 11.6 Å². The molecule has 1 aromatic heterocycles. The summed E-state index contributed by atoms with van der Waals surface area (Å²) >= 11 is 5.77. The van der Waals surface area contributed by atoms with Crippen molar-refractivity contribution in [1.82, 2.24) is 9.13 Å². The van der Waals surface area contributed by atoms with E-state index in [2.05, 4.69) is 0 Å². The second-order valence-corrected chi connectivity index (χ2v) is 6.05. The molecule has 7 nitrogen and oxygen atoms in total. The molecule has 0 aliphatic carbocycles. The van der Waals surface area contributed by atoms with Crippen molar-refractivity contribution in [3.05, 3.63) is 61.1 Å². The lowest BCUT2D eigenvalue weighted by Crippen LogP contribution is -2.41. The van der Waals surface area contributed by atoms with E-state index in [0.29, 0.717) is 6.07 Å². The van der Waals surface area contributed by atoms with Crippen LogP contribution in [-0.2, 0) is 18.0 Å². The van der Waals surface area contributed by atoms with Gasteiger partial charge in [0.25, 0.3) is 5.56 Å². The number of Topliss-reactive ketones (excluding diaryl/α,β-unsaturated/α-hetero) is 1. The Morgan fingerprint density at radius 3 is 2.29 bits per heavy atom. The molecule has 0 saturated heterocycles. The number of nitrogens with zero attached hydrogens (tertiary/aromatic N) is 2. The maximum absolute atomic E-state index is 14.3. The van der Waals surface area contributed by atoms with E-state index in [1.807, 2.05) is 0 Å². The molecule has 0 unspecified atom stereocenters. The predicted octanol–water partition coefficient (Wildman–Crippen LogP) is 2.39. The summed E-state index contributed by atoms with van der Waals surface area (Å²) in [6, 6.07) is 1.44. The summed E-state index contributed by atoms with van der Waals surface area (Å²) in [6.07, 6.45) is -6.05. The van der Waals surface area contributed by atoms with Crippen LogP contribution in [0.3, 0.4) is 0 Å². The topological polar surface area (TPSA) is 98.4 Å². The summed E-state index contributed by atoms with van der Waals surface area (Å²) in [7, 11) is 0.744. The monoisotopic (exact) mass is 422 g/mol. The highest BCUT2D eigenvalue weighted by atomic mass is 35.5. The third-order valence-electron chi connectivity index (χ3n) is 3.75. The number of carboxylic acid groups (broad SMARTS) is 1. The largest absolute Gasteiger partial charge is 0.481 e. The number of alkyl halides is 3. The van der Waals surface area contributed by atoms with Gasteiger partial charge in [0, 0.05) is 25.1 Å². The zero-order chi connectivity index (χ0) is 21.4. The van der Waals surface area contributed by atoms with Crippen molar-refractivity contribution in [3.8, 4) is 5.69 Å². The smallest absolute Gasteiger partial charge is 0.431 e. The number of carbonyl (C=O) groups is 2. The Morgan fingerprint density at radius 2 is 1.75 bits per heavy atom. The van der Waals surface area contributed by atoms with Gasteiger partial charge >= 0.3 is 17.8 Å². The number of rotatable bonds is 5. The molecule has 0 amide bonds. The SMILES string of the molecule is Cn1c(C(F)(F)F)cc(=O)n(-c2cc(C(=O)CCC(=O)O)c(Cl)cc2F)c1=O. The molecular weight excluding hydrogens is 412 g/mol. The quantitative estimate of drug-likeness (QED) is 0.589. The number of carbonyl (C=O) groups excluding carboxylic acids is 1. The molecule has 2 aromatic rings. The fourth-order valence-electron chi connectivity index (χ4n) is 2.40. The molecule has 0 radical (unpaired) electrons. The molecule has 0 bridgehead atoms. The number of benzene rings is 1. The van der Waals surface area contributed by atoms with Crippen molar-refractivity contribution in [2.75, 3.05) is 0 Å². The Labute approximate surface area is 158 Å². The van der Waals surface area contributed by atoms with Gasteiger partial charge in [0.05, 0.1) is 17.1 Å². The van der Waals surface area contributed by atoms with Crippen LogP contribution in [-0.4, -0.2) is 26.0 Å². The van der Waals surface area contributed by atoms with Gasteiger partial charge in [-0.15, -0.1) is 0 Å². The van der Waals surface area contributed by atoms with E-state index in [9.17, 15) is 36.7 Å². The number of aromatic nitrogens is 2. The van der Waals surface area contributed by atoms with Crippen molar-refractivity contribution in [3.63, 3.8) is 0 Å². The summed E-state index contributed by atoms with van der Waals surface area (Å²) in [5, 5.41) is 8.21. The van der Waals surface area contributed by atoms with Gasteiger partial charge in [-0.1, -0.05) is 11.6 Å². The van der Waals surface area contributed by atoms with E-state index in [-0.39, 0.29) is 20.8 Å². The van der Waals surface area contributed by atoms with Crippen molar-refractivity contribution in [2.24, 2.45) is 7.05 Å². The molecule has 12 heteroatoms. The van der Waals surface area contributed by atoms with Crippen molar-refractivity contribution < 1.29 is 32.3 Å². The lowest BCUT2D eigenvalue weighted by atomic mass is 10.1. The van der Waals surface area contributed by atoms with E-state index in [0.717, 1.165) is 13.1 Å². The highest BCUT2D eigenvalue weighted by Gasteiger charge is 2.35. The maximum atomic E-state index is 14.3. The maximum Gasteiger partial charge on any atom is 0.431 e. The van der Waals surface area contributed by atoms with Gasteiger partial charge in [0.2, 0.25) is 0 Å². The third-order valence-corrected chi connectivity index (χ3v) is 4.07. The normalized spacial score (nSPS) is 11.5. The number of ketones is 1. The first-order chi connectivity index (χ1) is 12.8. The molecule has 0 saturated carbocycles. The van der Waals surface area contributed by atoms with Gasteiger partial charge in [-0.25, -0.2) is 13.8 Å². The van der Waals surface area contributed by atoms with Gasteiger partial charge < -0.3 is 5.11 Å². The molecule has 28 heavy (non-hydrogen) atoms. The number of halogens is 5. The molecule has 0 spiro atoms. The Hall–Kier alpha value is -2.95. The van der Waals surface area contributed by atoms with Gasteiger partial charge in [-0.2, -0.15) is 13.2 Å². The van der Waals surface area contributed by atoms with Crippen molar-refractivity contribution in [2.45, 2.75) is 19.0 Å². The van der Waals surface area contributed by atoms with Crippen LogP contribution in [0.15, 0.2) is 27.8 Å². The molecule has 2 rings (SSSR count). The fraction of sp³-hybridized carbons (Fsp3) is 0.250. The zero-order valence-electron chi connectivity index (χ0n) is 14.0. The van der Waals surface area contributed by atoms with Gasteiger partial charge in [-0.05, 0) is 12.1 Å². The number of aliphatic carboxylic acids is 1. The first-order valence-electron chi connectivity index (χ1n) is 7.49. The Kier molecular flexibility index (Phi) is 5.78. The summed E-state index contributed by atoms with van der Waals surface area (Å²) in [5.41, 5.74) is -5.67. The van der Waals surface area contributed by atoms with Crippen LogP contribution < -0.4 is 11.2 Å². The van der Waals surface area contributed by atoms with Gasteiger partial charge in [0.15, 0.2) is 5.78 Å². The molecule has 1 heterocycles. The van der Waals surface area contributed by atoms with Gasteiger partial charge in [-0.3, -0.25) is 19.0 Å². The third kappa shape index (κ3) is 4.14. The minimum absolute atomic E-state index is 0.112. The first kappa shape index (κ1) is 21.4. The standard InChI is InChI=1S/C16H11ClF4N2O5/c1-22-12(16(19,20)21)6-13(25)23(15(22)28)10-4-7(8(17)5-9(10)18)11(24)2-3-14(26)27/h4-6H,2-3H2,1H3,(H,26,27). The van der Waals surface area contributed by atoms with Gasteiger partial charge in [0.1, 0.15) is 11.5 Å². The van der Waals surface area contributed by atoms with Crippen LogP contribution in [0.2, 0.25) is 5.02 Å². The van der Waals surface area contributed by atoms with E-state index < -0.39 is 64.2 Å². The molecule has 0 aliphatic heterocycles. The number of hydrogen-bond donors (Lipinski definition) is 1. The molecule has 1 N–H and O–H groups in total. The summed E-state index contributed by atoms with van der Waals surface area (Å²) in [4.78, 5) is 47.0. The molecule has 0 fully saturated rings. The van der Waals surface area contributed by atoms with E-state index in [1.54, 1.807) is 0 Å². The number of carboxylic acids is 1. The second kappa shape index (κ2) is 7.58. The molecule has 0 aliphatic rings. The molecular formula is C16H11ClF4N2O5. The Bertz CT molecular complexity index is 1090. The van der Waals surface area contributed by atoms with Crippen molar-refractivity contribution >= 4 is 23.4 Å². The number of hydrogen-bond acceptors (Lipinski definition) is 4. The summed E-state index contributed by atoms with van der Waals surface area (Å²) in [6.45, 7) is 0. The van der Waals surface area contributed by atoms with Crippen LogP contribution in [0.1, 0.15) is 28.9 Å². The van der Waals surface area contributed by atoms with Crippen LogP contribution in [0.5, 0.6) is 0 Å². The van der Waals surface area contributed by atoms with Crippen LogP contribution in [0.25, 0.3) is 5.69 Å². The zero-order valence-corrected chi connectivity index (χ0v) is 14.8. The summed E-state index contributed by atoms with van der Waals surface area (Å²) in [5.74, 6) is -3.33. The average molecular weight is 423 g/mol. The van der Waals surface area contributed by atoms with E-state index >= 15 is 0 Å². The predicted molar refractivity (Wildman–Crippen MR) is 88.5 cm³/mol. The van der Waals surface area contributed by atoms with E-state index in [4.69, 9.17) is 16.7 Å². The first-order valence-corrected chi connectivity index (χ1v) is 7.87. The highest BCUT2D eigenvalue weighted by molar-refractivity contribution is 6.34. The Balaban J connectivity index is 2.70. The van der Waals surface area contributed by atoms with Crippen LogP contribution in [0, 0.1) is 5.82 Å². The Morgan fingerprint density at radius 1 is 1.14 bits per heavy atom. The lowest BCUT2D eigenvalue weighted by Gasteiger charge is -2.15. The fourth-order valence-corrected chi connectivity index (χ4v) is 2.65. The molecule has 150 valence electrons. The lowest BCUT2D eigenvalue weighted by molar-refractivity contribution is -0.144. The minimum Gasteiger partial charge on any atom is -0.481 e. The molecule has 1 aromatic carbocycles. The van der Waals surface area contributed by atoms with Crippen LogP contribution in [0.4, 0.5) is 17.6 Å². The molecule has 0 atom stereocenters. The second-order valence-electron chi connectivity index (χ2n) is 5.64. The summed E-state index contributed by atoms with van der Waals surface area (Å²) < 4.78 is 53.2. The van der Waals surface area contributed by atoms with Crippen molar-refractivity contribution in [1.29, 1.82) is 0 Å². The minimum atomic E-state index is -5.00.